The molecule has 5 nitrogen and oxygen atoms in total. The van der Waals surface area contributed by atoms with Crippen LogP contribution in [0, 0.1) is 0 Å². The summed E-state index contributed by atoms with van der Waals surface area (Å²) in [7, 11) is 2.05. The lowest BCUT2D eigenvalue weighted by atomic mass is 10.0. The van der Waals surface area contributed by atoms with E-state index in [4.69, 9.17) is 0 Å². The Morgan fingerprint density at radius 2 is 2.00 bits per heavy atom. The number of hydrogen-bond acceptors (Lipinski definition) is 4. The van der Waals surface area contributed by atoms with Gasteiger partial charge in [-0.1, -0.05) is 0 Å². The molecule has 5 heteroatoms. The third-order valence-corrected chi connectivity index (χ3v) is 3.28. The summed E-state index contributed by atoms with van der Waals surface area (Å²) >= 11 is 0. The Balaban J connectivity index is 2.01. The van der Waals surface area contributed by atoms with E-state index < -0.39 is 0 Å². The summed E-state index contributed by atoms with van der Waals surface area (Å²) in [5.41, 5.74) is 0.119. The van der Waals surface area contributed by atoms with Crippen molar-refractivity contribution in [3.63, 3.8) is 0 Å². The molecule has 0 aromatic heterocycles. The lowest BCUT2D eigenvalue weighted by molar-refractivity contribution is 0.0914. The summed E-state index contributed by atoms with van der Waals surface area (Å²) in [4.78, 5) is 14.2. The van der Waals surface area contributed by atoms with Crippen molar-refractivity contribution in [1.82, 2.24) is 10.2 Å². The molecule has 2 rings (SSSR count). The van der Waals surface area contributed by atoms with Crippen LogP contribution in [0.25, 0.3) is 0 Å². The Morgan fingerprint density at radius 1 is 1.33 bits per heavy atom. The van der Waals surface area contributed by atoms with Crippen LogP contribution in [0.5, 0.6) is 11.5 Å². The fourth-order valence-electron chi connectivity index (χ4n) is 2.12. The van der Waals surface area contributed by atoms with Gasteiger partial charge in [0.25, 0.3) is 5.91 Å². The molecular formula is C13H18N2O3. The van der Waals surface area contributed by atoms with Gasteiger partial charge in [-0.15, -0.1) is 0 Å². The van der Waals surface area contributed by atoms with Crippen LogP contribution in [-0.2, 0) is 0 Å². The number of carbonyl (C=O) groups is 1. The molecule has 1 aromatic carbocycles. The summed E-state index contributed by atoms with van der Waals surface area (Å²) in [5, 5.41) is 21.8. The summed E-state index contributed by atoms with van der Waals surface area (Å²) in [6.45, 7) is 1.91. The van der Waals surface area contributed by atoms with E-state index in [1.165, 1.54) is 18.2 Å². The number of phenols is 2. The smallest absolute Gasteiger partial charge is 0.255 e. The number of nitrogens with one attached hydrogen (secondary N) is 1. The van der Waals surface area contributed by atoms with Crippen LogP contribution < -0.4 is 5.32 Å². The molecule has 0 radical (unpaired) electrons. The number of amides is 1. The second-order valence-electron chi connectivity index (χ2n) is 4.75. The SMILES string of the molecule is CN1CCC(NC(=O)c2cc(O)ccc2O)CC1. The number of nitrogens with zero attached hydrogens (tertiary/aromatic N) is 1. The van der Waals surface area contributed by atoms with Crippen molar-refractivity contribution < 1.29 is 15.0 Å². The first-order valence-electron chi connectivity index (χ1n) is 6.07. The second-order valence-corrected chi connectivity index (χ2v) is 4.75. The fourth-order valence-corrected chi connectivity index (χ4v) is 2.12. The van der Waals surface area contributed by atoms with Crippen molar-refractivity contribution >= 4 is 5.91 Å². The van der Waals surface area contributed by atoms with Crippen LogP contribution >= 0.6 is 0 Å². The predicted octanol–water partition coefficient (Wildman–Crippen LogP) is 0.922. The fraction of sp³-hybridized carbons (Fsp3) is 0.462. The molecular weight excluding hydrogens is 232 g/mol. The molecule has 3 N–H and O–H groups in total. The van der Waals surface area contributed by atoms with Gasteiger partial charge in [-0.3, -0.25) is 4.79 Å². The van der Waals surface area contributed by atoms with E-state index in [1.54, 1.807) is 0 Å². The zero-order chi connectivity index (χ0) is 13.1. The molecule has 1 saturated heterocycles. The van der Waals surface area contributed by atoms with Crippen molar-refractivity contribution in [3.05, 3.63) is 23.8 Å². The number of likely N-dealkylation sites (tertiary alicyclic amines) is 1. The predicted molar refractivity (Wildman–Crippen MR) is 67.8 cm³/mol. The molecule has 1 heterocycles. The number of hydrogen-bond donors (Lipinski definition) is 3. The van der Waals surface area contributed by atoms with Crippen molar-refractivity contribution in [2.45, 2.75) is 18.9 Å². The Bertz CT molecular complexity index is 440. The van der Waals surface area contributed by atoms with Gasteiger partial charge in [-0.05, 0) is 51.2 Å². The molecule has 0 unspecified atom stereocenters. The van der Waals surface area contributed by atoms with Gasteiger partial charge in [0.15, 0.2) is 0 Å². The average Bonchev–Trinajstić information content (AvgIpc) is 2.35. The van der Waals surface area contributed by atoms with Gasteiger partial charge in [0.2, 0.25) is 0 Å². The van der Waals surface area contributed by atoms with E-state index in [1.807, 2.05) is 0 Å². The molecule has 0 spiro atoms. The quantitative estimate of drug-likeness (QED) is 0.682. The molecule has 1 amide bonds. The van der Waals surface area contributed by atoms with Crippen molar-refractivity contribution in [1.29, 1.82) is 0 Å². The molecule has 0 aliphatic carbocycles. The van der Waals surface area contributed by atoms with E-state index >= 15 is 0 Å². The van der Waals surface area contributed by atoms with Gasteiger partial charge >= 0.3 is 0 Å². The normalized spacial score (nSPS) is 17.6. The highest BCUT2D eigenvalue weighted by Crippen LogP contribution is 2.22. The largest absolute Gasteiger partial charge is 0.508 e. The molecule has 0 atom stereocenters. The minimum atomic E-state index is -0.335. The van der Waals surface area contributed by atoms with Gasteiger partial charge < -0.3 is 20.4 Å². The molecule has 0 bridgehead atoms. The van der Waals surface area contributed by atoms with E-state index in [-0.39, 0.29) is 29.0 Å². The Kier molecular flexibility index (Phi) is 3.72. The minimum absolute atomic E-state index is 0.0265. The van der Waals surface area contributed by atoms with E-state index in [9.17, 15) is 15.0 Å². The summed E-state index contributed by atoms with van der Waals surface area (Å²) in [5.74, 6) is -0.475. The zero-order valence-electron chi connectivity index (χ0n) is 10.4. The van der Waals surface area contributed by atoms with Crippen molar-refractivity contribution in [2.75, 3.05) is 20.1 Å². The van der Waals surface area contributed by atoms with Crippen molar-refractivity contribution in [3.8, 4) is 11.5 Å². The lowest BCUT2D eigenvalue weighted by Crippen LogP contribution is -2.43. The Labute approximate surface area is 106 Å². The van der Waals surface area contributed by atoms with E-state index in [0.29, 0.717) is 0 Å². The van der Waals surface area contributed by atoms with Crippen LogP contribution in [0.3, 0.4) is 0 Å². The number of rotatable bonds is 2. The standard InChI is InChI=1S/C13H18N2O3/c1-15-6-4-9(5-7-15)14-13(18)11-8-10(16)2-3-12(11)17/h2-3,8-9,16-17H,4-7H2,1H3,(H,14,18). The zero-order valence-corrected chi connectivity index (χ0v) is 10.4. The van der Waals surface area contributed by atoms with Gasteiger partial charge in [0.1, 0.15) is 11.5 Å². The van der Waals surface area contributed by atoms with Gasteiger partial charge in [-0.25, -0.2) is 0 Å². The maximum Gasteiger partial charge on any atom is 0.255 e. The number of piperidine rings is 1. The van der Waals surface area contributed by atoms with E-state index in [0.717, 1.165) is 25.9 Å². The molecule has 98 valence electrons. The topological polar surface area (TPSA) is 72.8 Å². The third-order valence-electron chi connectivity index (χ3n) is 3.28. The van der Waals surface area contributed by atoms with Gasteiger partial charge in [0, 0.05) is 6.04 Å². The highest BCUT2D eigenvalue weighted by atomic mass is 16.3. The van der Waals surface area contributed by atoms with Gasteiger partial charge in [-0.2, -0.15) is 0 Å². The highest BCUT2D eigenvalue weighted by Gasteiger charge is 2.20. The monoisotopic (exact) mass is 250 g/mol. The van der Waals surface area contributed by atoms with Crippen LogP contribution in [-0.4, -0.2) is 47.2 Å². The summed E-state index contributed by atoms with van der Waals surface area (Å²) in [6, 6.07) is 4.08. The molecule has 18 heavy (non-hydrogen) atoms. The third kappa shape index (κ3) is 2.92. The van der Waals surface area contributed by atoms with Crippen LogP contribution in [0.4, 0.5) is 0 Å². The first kappa shape index (κ1) is 12.7. The second kappa shape index (κ2) is 5.27. The lowest BCUT2D eigenvalue weighted by Gasteiger charge is -2.29. The summed E-state index contributed by atoms with van der Waals surface area (Å²) in [6.07, 6.45) is 1.81. The number of carbonyl (C=O) groups excluding carboxylic acids is 1. The molecule has 1 aliphatic rings. The Morgan fingerprint density at radius 3 is 2.67 bits per heavy atom. The Hall–Kier alpha value is -1.75. The molecule has 1 aliphatic heterocycles. The number of benzene rings is 1. The molecule has 1 aromatic rings. The first-order valence-corrected chi connectivity index (χ1v) is 6.07. The van der Waals surface area contributed by atoms with E-state index in [2.05, 4.69) is 17.3 Å². The maximum absolute atomic E-state index is 12.0. The number of aromatic hydroxyl groups is 2. The average molecular weight is 250 g/mol. The molecule has 0 saturated carbocycles. The van der Waals surface area contributed by atoms with Crippen LogP contribution in [0.2, 0.25) is 0 Å². The van der Waals surface area contributed by atoms with Gasteiger partial charge in [0.05, 0.1) is 5.56 Å². The maximum atomic E-state index is 12.0. The molecule has 1 fully saturated rings. The van der Waals surface area contributed by atoms with Crippen LogP contribution in [0.15, 0.2) is 18.2 Å². The minimum Gasteiger partial charge on any atom is -0.508 e. The van der Waals surface area contributed by atoms with Crippen LogP contribution in [0.1, 0.15) is 23.2 Å². The number of phenolic OH excluding ortho intramolecular Hbond substituents is 2. The van der Waals surface area contributed by atoms with Crippen molar-refractivity contribution in [2.24, 2.45) is 0 Å². The highest BCUT2D eigenvalue weighted by molar-refractivity contribution is 5.97. The first-order chi connectivity index (χ1) is 8.56. The summed E-state index contributed by atoms with van der Waals surface area (Å²) < 4.78 is 0.